The molecule has 0 aliphatic carbocycles. The Morgan fingerprint density at radius 1 is 1.00 bits per heavy atom. The molecule has 1 aliphatic rings. The van der Waals surface area contributed by atoms with Gasteiger partial charge in [0, 0.05) is 66.7 Å². The van der Waals surface area contributed by atoms with E-state index in [0.29, 0.717) is 77.1 Å². The second-order valence-corrected chi connectivity index (χ2v) is 11.2. The van der Waals surface area contributed by atoms with Gasteiger partial charge in [0.1, 0.15) is 0 Å². The van der Waals surface area contributed by atoms with E-state index in [1.54, 1.807) is 43.6 Å². The topological polar surface area (TPSA) is 113 Å². The number of anilines is 2. The van der Waals surface area contributed by atoms with E-state index in [1.165, 1.54) is 6.20 Å². The summed E-state index contributed by atoms with van der Waals surface area (Å²) in [7, 11) is 1.56. The van der Waals surface area contributed by atoms with Crippen molar-refractivity contribution in [3.63, 3.8) is 0 Å². The van der Waals surface area contributed by atoms with Crippen LogP contribution in [0, 0.1) is 5.82 Å². The van der Waals surface area contributed by atoms with E-state index in [-0.39, 0.29) is 29.3 Å². The van der Waals surface area contributed by atoms with Gasteiger partial charge in [-0.3, -0.25) is 14.2 Å². The van der Waals surface area contributed by atoms with Gasteiger partial charge in [0.05, 0.1) is 40.9 Å². The van der Waals surface area contributed by atoms with Gasteiger partial charge >= 0.3 is 0 Å². The fourth-order valence-corrected chi connectivity index (χ4v) is 5.61. The molecule has 5 rings (SSSR count). The van der Waals surface area contributed by atoms with E-state index < -0.39 is 12.5 Å². The van der Waals surface area contributed by atoms with Gasteiger partial charge in [0.15, 0.2) is 11.6 Å². The third-order valence-electron chi connectivity index (χ3n) is 7.37. The van der Waals surface area contributed by atoms with E-state index in [1.807, 2.05) is 12.1 Å². The normalized spacial score (nSPS) is 14.4. The van der Waals surface area contributed by atoms with E-state index in [2.05, 4.69) is 31.2 Å². The number of amides is 1. The third-order valence-corrected chi connectivity index (χ3v) is 8.16. The lowest BCUT2D eigenvalue weighted by Crippen LogP contribution is -2.35. The Kier molecular flexibility index (Phi) is 11.1. The number of hydrogen-bond donors (Lipinski definition) is 4. The van der Waals surface area contributed by atoms with Gasteiger partial charge < -0.3 is 26.0 Å². The molecule has 0 spiro atoms. The Morgan fingerprint density at radius 3 is 2.60 bits per heavy atom. The number of nitrogens with zero attached hydrogens (tertiary/aromatic N) is 3. The van der Waals surface area contributed by atoms with E-state index in [0.717, 1.165) is 12.0 Å². The molecule has 1 aliphatic heterocycles. The second kappa shape index (κ2) is 15.4. The number of carbonyl (C=O) groups excluding carboxylic acids is 1. The molecule has 13 heteroatoms. The van der Waals surface area contributed by atoms with Crippen molar-refractivity contribution in [3.8, 4) is 28.4 Å². The number of pyridine rings is 3. The van der Waals surface area contributed by atoms with Crippen molar-refractivity contribution in [2.45, 2.75) is 38.4 Å². The van der Waals surface area contributed by atoms with Crippen molar-refractivity contribution in [1.82, 2.24) is 30.9 Å². The molecule has 1 aromatic carbocycles. The van der Waals surface area contributed by atoms with E-state index in [4.69, 9.17) is 32.9 Å². The molecule has 9 nitrogen and oxygen atoms in total. The van der Waals surface area contributed by atoms with Crippen molar-refractivity contribution >= 4 is 40.6 Å². The van der Waals surface area contributed by atoms with E-state index >= 15 is 4.39 Å². The molecule has 0 unspecified atom stereocenters. The van der Waals surface area contributed by atoms with Crippen molar-refractivity contribution in [2.75, 3.05) is 32.2 Å². The highest BCUT2D eigenvalue weighted by Crippen LogP contribution is 2.40. The first-order valence-corrected chi connectivity index (χ1v) is 15.3. The highest BCUT2D eigenvalue weighted by atomic mass is 35.5. The maximum Gasteiger partial charge on any atom is 0.220 e. The lowest BCUT2D eigenvalue weighted by Gasteiger charge is -2.16. The van der Waals surface area contributed by atoms with Gasteiger partial charge in [0.25, 0.3) is 0 Å². The molecule has 0 bridgehead atoms. The highest BCUT2D eigenvalue weighted by Gasteiger charge is 2.21. The molecule has 3 aromatic heterocycles. The number of hydrogen-bond acceptors (Lipinski definition) is 8. The molecule has 1 fully saturated rings. The van der Waals surface area contributed by atoms with Crippen LogP contribution in [0.4, 0.5) is 20.3 Å². The molecule has 45 heavy (non-hydrogen) atoms. The molecule has 4 aromatic rings. The Bertz CT molecular complexity index is 1660. The first-order valence-electron chi connectivity index (χ1n) is 14.5. The molecular weight excluding hydrogens is 623 g/mol. The number of ether oxygens (including phenoxy) is 1. The summed E-state index contributed by atoms with van der Waals surface area (Å²) >= 11 is 13.7. The summed E-state index contributed by atoms with van der Waals surface area (Å²) in [5.41, 5.74) is 3.84. The average Bonchev–Trinajstić information content (AvgIpc) is 3.47. The molecule has 4 N–H and O–H groups in total. The van der Waals surface area contributed by atoms with Gasteiger partial charge in [-0.1, -0.05) is 41.4 Å². The summed E-state index contributed by atoms with van der Waals surface area (Å²) in [4.78, 5) is 24.8. The van der Waals surface area contributed by atoms with Gasteiger partial charge in [-0.15, -0.1) is 0 Å². The highest BCUT2D eigenvalue weighted by molar-refractivity contribution is 6.39. The Hall–Kier alpha value is -3.90. The van der Waals surface area contributed by atoms with Crippen LogP contribution in [-0.4, -0.2) is 53.8 Å². The minimum absolute atomic E-state index is 0.00511. The maximum atomic E-state index is 15.2. The lowest BCUT2D eigenvalue weighted by atomic mass is 10.1. The van der Waals surface area contributed by atoms with Crippen LogP contribution in [0.1, 0.15) is 30.4 Å². The number of halogens is 4. The molecule has 0 saturated carbocycles. The zero-order valence-electron chi connectivity index (χ0n) is 24.6. The van der Waals surface area contributed by atoms with Crippen molar-refractivity contribution in [3.05, 3.63) is 81.8 Å². The van der Waals surface area contributed by atoms with Crippen LogP contribution in [0.15, 0.2) is 54.9 Å². The van der Waals surface area contributed by atoms with Gasteiger partial charge in [-0.05, 0) is 43.7 Å². The monoisotopic (exact) mass is 655 g/mol. The Morgan fingerprint density at radius 2 is 1.82 bits per heavy atom. The van der Waals surface area contributed by atoms with E-state index in [9.17, 15) is 9.18 Å². The predicted octanol–water partition coefficient (Wildman–Crippen LogP) is 6.22. The molecule has 0 radical (unpaired) electrons. The fraction of sp³-hybridized carbons (Fsp3) is 0.312. The lowest BCUT2D eigenvalue weighted by molar-refractivity contribution is -0.119. The van der Waals surface area contributed by atoms with Crippen LogP contribution in [0.25, 0.3) is 22.5 Å². The SMILES string of the molecule is COc1nc(-c2ccnc(-c3cccc(Nc4nccc(CNCCCF)c4F)c3Cl)c2Cl)ccc1CNC[C@H]1CCC(=O)N1. The van der Waals surface area contributed by atoms with Crippen molar-refractivity contribution < 1.29 is 18.3 Å². The minimum atomic E-state index is -0.533. The van der Waals surface area contributed by atoms with Crippen LogP contribution in [-0.2, 0) is 17.9 Å². The summed E-state index contributed by atoms with van der Waals surface area (Å²) in [5, 5.41) is 12.9. The second-order valence-electron chi connectivity index (χ2n) is 10.5. The van der Waals surface area contributed by atoms with Gasteiger partial charge in [-0.25, -0.2) is 14.4 Å². The zero-order chi connectivity index (χ0) is 31.8. The van der Waals surface area contributed by atoms with Crippen LogP contribution in [0.2, 0.25) is 10.0 Å². The zero-order valence-corrected chi connectivity index (χ0v) is 26.1. The number of rotatable bonds is 14. The predicted molar refractivity (Wildman–Crippen MR) is 172 cm³/mol. The van der Waals surface area contributed by atoms with Gasteiger partial charge in [0.2, 0.25) is 11.8 Å². The smallest absolute Gasteiger partial charge is 0.220 e. The molecule has 1 saturated heterocycles. The maximum absolute atomic E-state index is 15.2. The summed E-state index contributed by atoms with van der Waals surface area (Å²) in [6, 6.07) is 12.5. The van der Waals surface area contributed by atoms with Crippen LogP contribution >= 0.6 is 23.2 Å². The van der Waals surface area contributed by atoms with Crippen LogP contribution in [0.3, 0.4) is 0 Å². The summed E-state index contributed by atoms with van der Waals surface area (Å²) in [6.45, 7) is 1.40. The average molecular weight is 657 g/mol. The number of carbonyl (C=O) groups is 1. The first kappa shape index (κ1) is 32.5. The minimum Gasteiger partial charge on any atom is -0.481 e. The Labute approximate surface area is 270 Å². The molecule has 1 amide bonds. The quantitative estimate of drug-likeness (QED) is 0.118. The Balaban J connectivity index is 1.35. The van der Waals surface area contributed by atoms with Gasteiger partial charge in [-0.2, -0.15) is 0 Å². The van der Waals surface area contributed by atoms with Crippen molar-refractivity contribution in [1.29, 1.82) is 0 Å². The molecular formula is C32H33Cl2F2N7O2. The third kappa shape index (κ3) is 7.85. The molecule has 4 heterocycles. The number of methoxy groups -OCH3 is 1. The first-order chi connectivity index (χ1) is 21.9. The van der Waals surface area contributed by atoms with Crippen LogP contribution in [0.5, 0.6) is 5.88 Å². The summed E-state index contributed by atoms with van der Waals surface area (Å²) < 4.78 is 33.2. The number of alkyl halides is 1. The number of nitrogens with one attached hydrogen (secondary N) is 4. The summed E-state index contributed by atoms with van der Waals surface area (Å²) in [5.74, 6) is -0.00139. The fourth-order valence-electron chi connectivity index (χ4n) is 5.03. The standard InChI is InChI=1S/C32H33Cl2F2N7O2/c1-45-32-20(17-38-18-21-7-9-26(44)41-21)6-8-24(43-32)22-11-15-39-30(28(22)34)23-4-2-5-25(27(23)33)42-31-29(36)19(10-14-40-31)16-37-13-3-12-35/h2,4-6,8,10-11,14-15,21,37-38H,3,7,9,12-13,16-18H2,1H3,(H,40,42)(H,41,44)/t21-/m1/s1. The summed E-state index contributed by atoms with van der Waals surface area (Å²) in [6.07, 6.45) is 4.84. The number of benzene rings is 1. The molecule has 236 valence electrons. The molecule has 1 atom stereocenters. The number of aromatic nitrogens is 3. The van der Waals surface area contributed by atoms with Crippen molar-refractivity contribution in [2.24, 2.45) is 0 Å². The van der Waals surface area contributed by atoms with Crippen LogP contribution < -0.4 is 26.0 Å². The largest absolute Gasteiger partial charge is 0.481 e.